The van der Waals surface area contributed by atoms with Gasteiger partial charge in [0.15, 0.2) is 0 Å². The molecule has 2 heteroatoms. The molecule has 2 fully saturated rings. The first-order valence-corrected chi connectivity index (χ1v) is 6.17. The minimum Gasteiger partial charge on any atom is -0.390 e. The van der Waals surface area contributed by atoms with Gasteiger partial charge in [0.05, 0.1) is 5.60 Å². The van der Waals surface area contributed by atoms with Crippen LogP contribution < -0.4 is 0 Å². The lowest BCUT2D eigenvalue weighted by atomic mass is 9.94. The summed E-state index contributed by atoms with van der Waals surface area (Å²) in [7, 11) is 0. The summed E-state index contributed by atoms with van der Waals surface area (Å²) in [5.41, 5.74) is -0.262. The molecule has 0 aromatic carbocycles. The molecule has 1 heterocycles. The highest BCUT2D eigenvalue weighted by atomic mass is 32.2. The Morgan fingerprint density at radius 2 is 2.00 bits per heavy atom. The molecule has 0 radical (unpaired) electrons. The van der Waals surface area contributed by atoms with E-state index < -0.39 is 0 Å². The van der Waals surface area contributed by atoms with E-state index in [0.29, 0.717) is 0 Å². The van der Waals surface area contributed by atoms with E-state index in [0.717, 1.165) is 24.5 Å². The van der Waals surface area contributed by atoms with Gasteiger partial charge in [0.2, 0.25) is 0 Å². The first-order valence-electron chi connectivity index (χ1n) is 5.13. The smallest absolute Gasteiger partial charge is 0.0658 e. The molecular weight excluding hydrogens is 168 g/mol. The summed E-state index contributed by atoms with van der Waals surface area (Å²) >= 11 is 2.07. The van der Waals surface area contributed by atoms with Gasteiger partial charge in [0.25, 0.3) is 0 Å². The fourth-order valence-corrected chi connectivity index (χ4v) is 3.89. The van der Waals surface area contributed by atoms with Crippen molar-refractivity contribution >= 4 is 11.8 Å². The van der Waals surface area contributed by atoms with Crippen molar-refractivity contribution in [3.63, 3.8) is 0 Å². The van der Waals surface area contributed by atoms with Gasteiger partial charge in [0, 0.05) is 5.25 Å². The summed E-state index contributed by atoms with van der Waals surface area (Å²) in [4.78, 5) is 0. The van der Waals surface area contributed by atoms with E-state index in [1.807, 2.05) is 0 Å². The quantitative estimate of drug-likeness (QED) is 0.715. The Hall–Kier alpha value is 0.310. The van der Waals surface area contributed by atoms with Crippen molar-refractivity contribution in [2.75, 3.05) is 5.75 Å². The van der Waals surface area contributed by atoms with E-state index in [2.05, 4.69) is 11.8 Å². The van der Waals surface area contributed by atoms with E-state index in [1.54, 1.807) is 0 Å². The van der Waals surface area contributed by atoms with Crippen molar-refractivity contribution in [3.05, 3.63) is 0 Å². The van der Waals surface area contributed by atoms with Crippen molar-refractivity contribution in [1.29, 1.82) is 0 Å². The molecule has 1 aliphatic heterocycles. The second kappa shape index (κ2) is 3.59. The van der Waals surface area contributed by atoms with Crippen LogP contribution in [0.4, 0.5) is 0 Å². The van der Waals surface area contributed by atoms with Gasteiger partial charge >= 0.3 is 0 Å². The van der Waals surface area contributed by atoms with E-state index in [1.165, 1.54) is 31.4 Å². The topological polar surface area (TPSA) is 20.2 Å². The first-order chi connectivity index (χ1) is 5.79. The maximum atomic E-state index is 10.1. The summed E-state index contributed by atoms with van der Waals surface area (Å²) in [6.07, 6.45) is 8.38. The zero-order chi connectivity index (χ0) is 8.44. The van der Waals surface area contributed by atoms with E-state index in [-0.39, 0.29) is 5.60 Å². The molecule has 1 unspecified atom stereocenters. The molecule has 1 nitrogen and oxygen atoms in total. The van der Waals surface area contributed by atoms with E-state index in [4.69, 9.17) is 0 Å². The summed E-state index contributed by atoms with van der Waals surface area (Å²) in [6, 6.07) is 0. The average Bonchev–Trinajstić information content (AvgIpc) is 2.62. The molecule has 0 amide bonds. The zero-order valence-corrected chi connectivity index (χ0v) is 8.41. The fourth-order valence-electron chi connectivity index (χ4n) is 2.47. The number of rotatable bonds is 2. The van der Waals surface area contributed by atoms with Gasteiger partial charge in [-0.25, -0.2) is 0 Å². The predicted octanol–water partition coefficient (Wildman–Crippen LogP) is 2.58. The van der Waals surface area contributed by atoms with Crippen LogP contribution in [-0.2, 0) is 0 Å². The van der Waals surface area contributed by atoms with Gasteiger partial charge in [-0.2, -0.15) is 11.8 Å². The number of thioether (sulfide) groups is 1. The van der Waals surface area contributed by atoms with Gasteiger partial charge in [-0.1, -0.05) is 12.8 Å². The molecule has 1 N–H and O–H groups in total. The average molecular weight is 186 g/mol. The molecular formula is C10H18OS. The van der Waals surface area contributed by atoms with Gasteiger partial charge in [0.1, 0.15) is 0 Å². The zero-order valence-electron chi connectivity index (χ0n) is 7.59. The van der Waals surface area contributed by atoms with Crippen molar-refractivity contribution in [2.45, 2.75) is 55.8 Å². The third kappa shape index (κ3) is 1.97. The Labute approximate surface area is 78.9 Å². The highest BCUT2D eigenvalue weighted by Gasteiger charge is 2.34. The van der Waals surface area contributed by atoms with Crippen LogP contribution in [0.5, 0.6) is 0 Å². The molecule has 0 aromatic rings. The molecule has 70 valence electrons. The van der Waals surface area contributed by atoms with Crippen LogP contribution in [0.15, 0.2) is 0 Å². The van der Waals surface area contributed by atoms with Crippen LogP contribution in [0.3, 0.4) is 0 Å². The second-order valence-corrected chi connectivity index (χ2v) is 5.68. The van der Waals surface area contributed by atoms with Gasteiger partial charge in [-0.3, -0.25) is 0 Å². The summed E-state index contributed by atoms with van der Waals surface area (Å²) < 4.78 is 0. The number of hydrogen-bond donors (Lipinski definition) is 1. The highest BCUT2D eigenvalue weighted by Crippen LogP contribution is 2.39. The molecule has 2 aliphatic rings. The van der Waals surface area contributed by atoms with Gasteiger partial charge in [-0.15, -0.1) is 0 Å². The van der Waals surface area contributed by atoms with Crippen LogP contribution in [0.2, 0.25) is 0 Å². The molecule has 1 aliphatic carbocycles. The predicted molar refractivity (Wildman–Crippen MR) is 53.5 cm³/mol. The molecule has 1 atom stereocenters. The Kier molecular flexibility index (Phi) is 2.66. The van der Waals surface area contributed by atoms with Crippen molar-refractivity contribution in [3.8, 4) is 0 Å². The van der Waals surface area contributed by atoms with Crippen LogP contribution in [0.1, 0.15) is 44.9 Å². The lowest BCUT2D eigenvalue weighted by molar-refractivity contribution is 0.0384. The van der Waals surface area contributed by atoms with Crippen LogP contribution >= 0.6 is 11.8 Å². The van der Waals surface area contributed by atoms with E-state index in [9.17, 15) is 5.11 Å². The lowest BCUT2D eigenvalue weighted by Crippen LogP contribution is -2.27. The van der Waals surface area contributed by atoms with Crippen molar-refractivity contribution < 1.29 is 5.11 Å². The molecule has 1 saturated carbocycles. The monoisotopic (exact) mass is 186 g/mol. The SMILES string of the molecule is OC1(CC2CCCS2)CCCC1. The van der Waals surface area contributed by atoms with Crippen LogP contribution in [0.25, 0.3) is 0 Å². The normalized spacial score (nSPS) is 34.2. The largest absolute Gasteiger partial charge is 0.390 e. The fraction of sp³-hybridized carbons (Fsp3) is 1.00. The van der Waals surface area contributed by atoms with E-state index >= 15 is 0 Å². The molecule has 0 spiro atoms. The minimum absolute atomic E-state index is 0.262. The lowest BCUT2D eigenvalue weighted by Gasteiger charge is -2.25. The second-order valence-electron chi connectivity index (χ2n) is 4.27. The maximum absolute atomic E-state index is 10.1. The first kappa shape index (κ1) is 8.89. The number of hydrogen-bond acceptors (Lipinski definition) is 2. The summed E-state index contributed by atoms with van der Waals surface area (Å²) in [5.74, 6) is 1.32. The van der Waals surface area contributed by atoms with Gasteiger partial charge < -0.3 is 5.11 Å². The highest BCUT2D eigenvalue weighted by molar-refractivity contribution is 8.00. The standard InChI is InChI=1S/C10H18OS/c11-10(5-1-2-6-10)8-9-4-3-7-12-9/h9,11H,1-8H2. The maximum Gasteiger partial charge on any atom is 0.0658 e. The van der Waals surface area contributed by atoms with Gasteiger partial charge in [-0.05, 0) is 37.9 Å². The molecule has 0 aromatic heterocycles. The van der Waals surface area contributed by atoms with Crippen LogP contribution in [0, 0.1) is 0 Å². The molecule has 0 bridgehead atoms. The van der Waals surface area contributed by atoms with Crippen molar-refractivity contribution in [1.82, 2.24) is 0 Å². The molecule has 2 rings (SSSR count). The Morgan fingerprint density at radius 3 is 2.58 bits per heavy atom. The molecule has 12 heavy (non-hydrogen) atoms. The minimum atomic E-state index is -0.262. The van der Waals surface area contributed by atoms with Crippen LogP contribution in [-0.4, -0.2) is 21.7 Å². The number of aliphatic hydroxyl groups is 1. The third-order valence-corrected chi connectivity index (χ3v) is 4.56. The Balaban J connectivity index is 1.83. The van der Waals surface area contributed by atoms with Crippen molar-refractivity contribution in [2.24, 2.45) is 0 Å². The molecule has 1 saturated heterocycles. The summed E-state index contributed by atoms with van der Waals surface area (Å²) in [5, 5.41) is 10.9. The summed E-state index contributed by atoms with van der Waals surface area (Å²) in [6.45, 7) is 0. The third-order valence-electron chi connectivity index (χ3n) is 3.17. The Morgan fingerprint density at radius 1 is 1.25 bits per heavy atom. The Bertz CT molecular complexity index is 146.